The number of hydrogen-bond acceptors (Lipinski definition) is 8. The molecule has 0 radical (unpaired) electrons. The number of aromatic nitrogens is 1. The maximum Gasteiger partial charge on any atom is 0.491 e. The van der Waals surface area contributed by atoms with Crippen LogP contribution >= 0.6 is 0 Å². The van der Waals surface area contributed by atoms with Crippen molar-refractivity contribution in [2.75, 3.05) is 6.61 Å². The van der Waals surface area contributed by atoms with Gasteiger partial charge in [-0.05, 0) is 29.8 Å². The van der Waals surface area contributed by atoms with E-state index in [0.29, 0.717) is 6.42 Å². The van der Waals surface area contributed by atoms with Crippen LogP contribution in [-0.2, 0) is 35.6 Å². The van der Waals surface area contributed by atoms with Crippen molar-refractivity contribution in [2.45, 2.75) is 30.0 Å². The number of para-hydroxylation sites is 1. The van der Waals surface area contributed by atoms with Crippen molar-refractivity contribution in [1.29, 1.82) is 0 Å². The van der Waals surface area contributed by atoms with Crippen LogP contribution in [0, 0.1) is 0 Å². The molecule has 3 rings (SSSR count). The molecule has 1 atom stereocenters. The summed E-state index contributed by atoms with van der Waals surface area (Å²) in [6.45, 7) is 0.0868. The number of benzene rings is 2. The van der Waals surface area contributed by atoms with Gasteiger partial charge in [0.2, 0.25) is 10.0 Å². The quantitative estimate of drug-likeness (QED) is 0.244. The Morgan fingerprint density at radius 3 is 2.53 bits per heavy atom. The van der Waals surface area contributed by atoms with Crippen molar-refractivity contribution in [3.63, 3.8) is 0 Å². The third-order valence-corrected chi connectivity index (χ3v) is 6.33. The highest BCUT2D eigenvalue weighted by Gasteiger charge is 2.42. The van der Waals surface area contributed by atoms with E-state index in [2.05, 4.69) is 9.72 Å². The predicted octanol–water partition coefficient (Wildman–Crippen LogP) is 2.72. The largest absolute Gasteiger partial charge is 0.492 e. The Morgan fingerprint density at radius 2 is 1.81 bits per heavy atom. The lowest BCUT2D eigenvalue weighted by atomic mass is 10.1. The second-order valence-electron chi connectivity index (χ2n) is 7.36. The number of hydrogen-bond donors (Lipinski definition) is 1. The fraction of sp³-hybridized carbons (Fsp3) is 0.217. The molecule has 0 aliphatic rings. The Morgan fingerprint density at radius 1 is 1.06 bits per heavy atom. The van der Waals surface area contributed by atoms with E-state index in [-0.39, 0.29) is 23.5 Å². The van der Waals surface area contributed by atoms with E-state index in [4.69, 9.17) is 4.74 Å². The second kappa shape index (κ2) is 11.3. The maximum absolute atomic E-state index is 12.8. The molecule has 9 nitrogen and oxygen atoms in total. The highest BCUT2D eigenvalue weighted by Crippen LogP contribution is 2.25. The minimum absolute atomic E-state index is 0.00507. The van der Waals surface area contributed by atoms with Crippen LogP contribution in [0.1, 0.15) is 12.0 Å². The molecular formula is C23H19F3N2O7S. The molecule has 0 saturated heterocycles. The number of pyridine rings is 1. The minimum atomic E-state index is -5.43. The number of carbonyl (C=O) groups is 3. The number of nitrogens with zero attached hydrogens (tertiary/aromatic N) is 1. The van der Waals surface area contributed by atoms with Gasteiger partial charge in [0.25, 0.3) is 0 Å². The van der Waals surface area contributed by atoms with Crippen LogP contribution in [0.15, 0.2) is 65.7 Å². The lowest BCUT2D eigenvalue weighted by Gasteiger charge is -2.16. The molecule has 0 spiro atoms. The van der Waals surface area contributed by atoms with Crippen molar-refractivity contribution >= 4 is 39.2 Å². The van der Waals surface area contributed by atoms with Gasteiger partial charge in [0.05, 0.1) is 24.6 Å². The van der Waals surface area contributed by atoms with Gasteiger partial charge in [-0.2, -0.15) is 13.2 Å². The predicted molar refractivity (Wildman–Crippen MR) is 119 cm³/mol. The van der Waals surface area contributed by atoms with Gasteiger partial charge in [-0.1, -0.05) is 30.3 Å². The topological polar surface area (TPSA) is 129 Å². The van der Waals surface area contributed by atoms with Crippen molar-refractivity contribution < 1.29 is 45.4 Å². The summed E-state index contributed by atoms with van der Waals surface area (Å²) in [6.07, 6.45) is -4.49. The van der Waals surface area contributed by atoms with Gasteiger partial charge in [-0.3, -0.25) is 9.78 Å². The molecule has 1 unspecified atom stereocenters. The first-order valence-electron chi connectivity index (χ1n) is 10.3. The molecule has 13 heteroatoms. The number of esters is 2. The Labute approximate surface area is 203 Å². The molecule has 0 saturated carbocycles. The van der Waals surface area contributed by atoms with Crippen molar-refractivity contribution in [3.8, 4) is 5.75 Å². The van der Waals surface area contributed by atoms with Crippen molar-refractivity contribution in [1.82, 2.24) is 9.71 Å². The number of aldehydes is 1. The fourth-order valence-electron chi connectivity index (χ4n) is 3.21. The highest BCUT2D eigenvalue weighted by molar-refractivity contribution is 7.89. The summed E-state index contributed by atoms with van der Waals surface area (Å²) in [4.78, 5) is 37.5. The van der Waals surface area contributed by atoms with E-state index in [0.717, 1.165) is 16.5 Å². The number of ether oxygens (including phenoxy) is 2. The Kier molecular flexibility index (Phi) is 8.37. The van der Waals surface area contributed by atoms with Gasteiger partial charge in [0.15, 0.2) is 0 Å². The summed E-state index contributed by atoms with van der Waals surface area (Å²) in [5.74, 6) is -4.56. The van der Waals surface area contributed by atoms with Gasteiger partial charge < -0.3 is 14.3 Å². The van der Waals surface area contributed by atoms with Crippen LogP contribution in [0.25, 0.3) is 10.9 Å². The summed E-state index contributed by atoms with van der Waals surface area (Å²) in [7, 11) is -4.47. The zero-order valence-electron chi connectivity index (χ0n) is 18.4. The lowest BCUT2D eigenvalue weighted by molar-refractivity contribution is -0.202. The van der Waals surface area contributed by atoms with Crippen LogP contribution in [0.5, 0.6) is 5.75 Å². The molecule has 0 aliphatic carbocycles. The van der Waals surface area contributed by atoms with E-state index in [9.17, 15) is 36.0 Å². The monoisotopic (exact) mass is 524 g/mol. The summed E-state index contributed by atoms with van der Waals surface area (Å²) in [5, 5.41) is 0.913. The normalized spacial score (nSPS) is 12.6. The van der Waals surface area contributed by atoms with Crippen molar-refractivity contribution in [3.05, 3.63) is 66.4 Å². The zero-order valence-corrected chi connectivity index (χ0v) is 19.2. The zero-order chi connectivity index (χ0) is 26.3. The molecule has 2 aromatic carbocycles. The van der Waals surface area contributed by atoms with Gasteiger partial charge in [-0.15, -0.1) is 0 Å². The average molecular weight is 524 g/mol. The van der Waals surface area contributed by atoms with Crippen LogP contribution in [0.3, 0.4) is 0 Å². The smallest absolute Gasteiger partial charge is 0.491 e. The molecule has 190 valence electrons. The van der Waals surface area contributed by atoms with E-state index >= 15 is 0 Å². The number of alkyl halides is 3. The molecule has 36 heavy (non-hydrogen) atoms. The lowest BCUT2D eigenvalue weighted by Crippen LogP contribution is -2.39. The average Bonchev–Trinajstić information content (AvgIpc) is 2.83. The first kappa shape index (κ1) is 26.8. The van der Waals surface area contributed by atoms with E-state index < -0.39 is 40.6 Å². The number of fused-ring (bicyclic) bond motifs is 1. The first-order chi connectivity index (χ1) is 17.0. The number of halogens is 3. The Balaban J connectivity index is 1.68. The van der Waals surface area contributed by atoms with Crippen LogP contribution in [0.2, 0.25) is 0 Å². The van der Waals surface area contributed by atoms with Gasteiger partial charge in [0.1, 0.15) is 16.9 Å². The molecule has 1 N–H and O–H groups in total. The molecule has 3 aromatic rings. The molecule has 0 aliphatic heterocycles. The Bertz CT molecular complexity index is 1370. The third kappa shape index (κ3) is 6.86. The summed E-state index contributed by atoms with van der Waals surface area (Å²) in [6, 6.07) is 12.9. The fourth-order valence-corrected chi connectivity index (χ4v) is 4.52. The molecule has 0 fully saturated rings. The third-order valence-electron chi connectivity index (χ3n) is 4.80. The van der Waals surface area contributed by atoms with E-state index in [1.165, 1.54) is 24.3 Å². The first-order valence-corrected chi connectivity index (χ1v) is 11.8. The standard InChI is InChI=1S/C23H19F3N2O7S/c24-23(25,26)22(31)35-21(30)13-16(14-29)28-36(32,33)20-9-2-1-8-19(20)34-12-10-15-5-3-7-18-17(15)6-4-11-27-18/h1-9,11,14,16,28H,10,12-13H2. The van der Waals surface area contributed by atoms with Crippen molar-refractivity contribution in [2.24, 2.45) is 0 Å². The summed E-state index contributed by atoms with van der Waals surface area (Å²) >= 11 is 0. The van der Waals surface area contributed by atoms with Crippen LogP contribution < -0.4 is 9.46 Å². The van der Waals surface area contributed by atoms with Gasteiger partial charge in [-0.25, -0.2) is 17.9 Å². The van der Waals surface area contributed by atoms with Gasteiger partial charge >= 0.3 is 18.1 Å². The maximum atomic E-state index is 12.8. The molecule has 0 amide bonds. The SMILES string of the molecule is O=CC(CC(=O)OC(=O)C(F)(F)F)NS(=O)(=O)c1ccccc1OCCc1cccc2ncccc12. The number of rotatable bonds is 10. The van der Waals surface area contributed by atoms with Crippen LogP contribution in [0.4, 0.5) is 13.2 Å². The van der Waals surface area contributed by atoms with Gasteiger partial charge in [0, 0.05) is 18.0 Å². The van der Waals surface area contributed by atoms with E-state index in [1.54, 1.807) is 12.3 Å². The van der Waals surface area contributed by atoms with E-state index in [1.807, 2.05) is 29.0 Å². The highest BCUT2D eigenvalue weighted by atomic mass is 32.2. The van der Waals surface area contributed by atoms with Crippen LogP contribution in [-0.4, -0.2) is 50.5 Å². The summed E-state index contributed by atoms with van der Waals surface area (Å²) < 4.78 is 73.5. The number of carbonyl (C=O) groups excluding carboxylic acids is 3. The molecule has 1 heterocycles. The molecular weight excluding hydrogens is 505 g/mol. The second-order valence-corrected chi connectivity index (χ2v) is 9.04. The Hall–Kier alpha value is -3.84. The molecule has 1 aromatic heterocycles. The molecule has 0 bridgehead atoms. The summed E-state index contributed by atoms with van der Waals surface area (Å²) in [5.41, 5.74) is 1.71. The minimum Gasteiger partial charge on any atom is -0.492 e. The number of sulfonamides is 1. The number of nitrogens with one attached hydrogen (secondary N) is 1.